The van der Waals surface area contributed by atoms with Crippen molar-refractivity contribution in [1.29, 1.82) is 0 Å². The van der Waals surface area contributed by atoms with Crippen molar-refractivity contribution in [3.63, 3.8) is 0 Å². The van der Waals surface area contributed by atoms with Gasteiger partial charge in [0.05, 0.1) is 70.7 Å². The first-order valence-corrected chi connectivity index (χ1v) is 50.8. The fourth-order valence-electron chi connectivity index (χ4n) is 19.2. The third-order valence-corrected chi connectivity index (χ3v) is 33.0. The third-order valence-electron chi connectivity index (χ3n) is 25.1. The van der Waals surface area contributed by atoms with Gasteiger partial charge in [-0.25, -0.2) is 0 Å². The van der Waals surface area contributed by atoms with E-state index in [1.165, 1.54) is 130 Å². The van der Waals surface area contributed by atoms with Crippen LogP contribution in [0.5, 0.6) is 0 Å². The monoisotopic (exact) mass is 2040 g/mol. The van der Waals surface area contributed by atoms with Gasteiger partial charge in [0.15, 0.2) is 44.0 Å². The van der Waals surface area contributed by atoms with Gasteiger partial charge in [-0.2, -0.15) is 42.1 Å². The maximum Gasteiger partial charge on any atom is 0.297 e. The van der Waals surface area contributed by atoms with Crippen LogP contribution in [0.2, 0.25) is 0 Å². The fourth-order valence-corrected chi connectivity index (χ4v) is 25.9. The Labute approximate surface area is 790 Å². The maximum absolute atomic E-state index is 14.6. The molecule has 0 aliphatic carbocycles. The van der Waals surface area contributed by atoms with E-state index >= 15 is 0 Å². The van der Waals surface area contributed by atoms with E-state index in [-0.39, 0.29) is 80.1 Å². The van der Waals surface area contributed by atoms with Crippen molar-refractivity contribution >= 4 is 50.6 Å². The molecule has 21 aliphatic rings. The van der Waals surface area contributed by atoms with E-state index in [0.717, 1.165) is 0 Å². The molecule has 21 fully saturated rings. The first-order chi connectivity index (χ1) is 64.0. The molecule has 5 aromatic carbocycles. The quantitative estimate of drug-likeness (QED) is 0.0299. The lowest BCUT2D eigenvalue weighted by Crippen LogP contribution is -2.68. The minimum absolute atomic E-state index is 0.149. The Bertz CT molecular complexity index is 5400. The SMILES string of the molecule is Cc1cc(C)c(S(=O)(=O)OC[C@H]2O[C@@H]3O[C@H]4[C@H](O)[C@H](O)[C@@H](O[C@H]5[C@H](O)[C@@H](O)[C@@H](O[C@H]6[C@H](O)[C@@H](O)[C@@H](O[C@H]7[C@H](O)[C@@H](O)[C@@H](O[C@H]8[C@H](O)[C@@H](O)[C@@H](O[C@H]9[C@H](O)[C@H](O)[C@@H](O[C@H]2[C@H](O)[C@@H]3O)O[C@@H]9COS(=O)(=O)c2c(C)cc(C)cc2C)O[C@@H]8CO)O[C@@H]7COS(=O)(=O)c2c(C)cc(C)cc2C)O[C@@H]6COS(=O)(=O)c2c(C)cc(C)cc2C)O[C@@H]5COS(=O)(=O)c2c(C)cc(C)cc2C)O[C@@H]4CO)c(C)c1. The summed E-state index contributed by atoms with van der Waals surface area (Å²) >= 11 is 0. The summed E-state index contributed by atoms with van der Waals surface area (Å²) in [6.45, 7) is 13.6. The van der Waals surface area contributed by atoms with E-state index in [2.05, 4.69) is 0 Å². The van der Waals surface area contributed by atoms with E-state index in [4.69, 9.17) is 87.2 Å². The van der Waals surface area contributed by atoms with Crippen LogP contribution in [0.25, 0.3) is 0 Å². The fraction of sp³-hybridized carbons (Fsp3) is 0.655. The third kappa shape index (κ3) is 22.9. The second kappa shape index (κ2) is 43.0. The van der Waals surface area contributed by atoms with Crippen LogP contribution >= 0.6 is 0 Å². The average Bonchev–Trinajstić information content (AvgIpc) is 0.845. The van der Waals surface area contributed by atoms with Crippen LogP contribution in [-0.4, -0.2) is 385 Å². The summed E-state index contributed by atoms with van der Waals surface area (Å²) in [5.74, 6) is 0. The number of hydrogen-bond donors (Lipinski definition) is 16. The van der Waals surface area contributed by atoms with Crippen molar-refractivity contribution < 1.29 is 211 Å². The van der Waals surface area contributed by atoms with Gasteiger partial charge in [-0.1, -0.05) is 88.5 Å². The minimum atomic E-state index is -5.02. The van der Waals surface area contributed by atoms with Gasteiger partial charge in [-0.05, 0) is 159 Å². The van der Waals surface area contributed by atoms with Crippen LogP contribution < -0.4 is 0 Å². The van der Waals surface area contributed by atoms with E-state index in [0.29, 0.717) is 27.8 Å². The first-order valence-electron chi connectivity index (χ1n) is 43.8. The van der Waals surface area contributed by atoms with Gasteiger partial charge in [0.2, 0.25) is 0 Å². The van der Waals surface area contributed by atoms with Crippen LogP contribution in [0, 0.1) is 104 Å². The molecule has 0 saturated carbocycles. The molecule has 14 bridgehead atoms. The number of aliphatic hydroxyl groups excluding tert-OH is 16. The number of aliphatic hydroxyl groups is 16. The summed E-state index contributed by atoms with van der Waals surface area (Å²) in [5, 5.41) is 196. The summed E-state index contributed by atoms with van der Waals surface area (Å²) in [7, 11) is -25.0. The minimum Gasteiger partial charge on any atom is -0.394 e. The molecular weight excluding hydrogens is 1930 g/mol. The molecule has 5 aromatic rings. The molecule has 0 radical (unpaired) electrons. The Morgan fingerprint density at radius 2 is 0.314 bits per heavy atom. The molecule has 0 amide bonds. The highest BCUT2D eigenvalue weighted by atomic mass is 32.2. The summed E-state index contributed by atoms with van der Waals surface area (Å²) in [6.07, 6.45) is -84.3. The molecule has 16 N–H and O–H groups in total. The lowest BCUT2D eigenvalue weighted by molar-refractivity contribution is -0.396. The number of ether oxygens (including phenoxy) is 14. The highest BCUT2D eigenvalue weighted by Crippen LogP contribution is 2.43. The Hall–Kier alpha value is -5.55. The van der Waals surface area contributed by atoms with Gasteiger partial charge in [0, 0.05) is 0 Å². The molecular formula is C87H120O45S5. The molecule has 35 atom stereocenters. The number of rotatable bonds is 22. The van der Waals surface area contributed by atoms with Crippen LogP contribution in [0.1, 0.15) is 83.5 Å². The predicted molar refractivity (Wildman–Crippen MR) is 462 cm³/mol. The van der Waals surface area contributed by atoms with E-state index < -0.39 is 312 Å². The molecule has 21 saturated heterocycles. The first kappa shape index (κ1) is 109. The number of hydrogen-bond acceptors (Lipinski definition) is 45. The Morgan fingerprint density at radius 1 is 0.197 bits per heavy atom. The van der Waals surface area contributed by atoms with Gasteiger partial charge < -0.3 is 148 Å². The lowest BCUT2D eigenvalue weighted by atomic mass is 9.95. The molecule has 50 heteroatoms. The van der Waals surface area contributed by atoms with Crippen molar-refractivity contribution in [2.24, 2.45) is 0 Å². The van der Waals surface area contributed by atoms with Gasteiger partial charge in [0.25, 0.3) is 50.6 Å². The highest BCUT2D eigenvalue weighted by Gasteiger charge is 2.61. The van der Waals surface area contributed by atoms with Crippen molar-refractivity contribution in [1.82, 2.24) is 0 Å². The molecule has 768 valence electrons. The van der Waals surface area contributed by atoms with Crippen molar-refractivity contribution in [2.45, 2.75) is 343 Å². The standard InChI is InChI=1S/C87H120O45S5/c1-33-16-38(6)76(39(7)17-33)133(104,105)114-28-50-71-59(94)66(101)85(123-50)130-73-52(30-116-135(108,109)78-42(10)20-35(3)21-43(78)11)121-83(64(99)57(73)92)126-69-48(26-88)120-82(63(98)56(69)91)129-72-51(29-115-134(106,107)77-40(8)18-34(2)19-41(77)9)124-86(67(102)60(72)95)132-75-54(32-118-137(112,113)80-46(14)24-37(5)25-47(80)15)125-87(68(103)61(75)96)131-74-53(31-117-136(110,111)79-44(12)22-36(4)23-45(79)13)122-84(65(100)58(74)93)127-70-49(27-89)119-81(128-71)62(97)55(70)90/h16-25,48-75,81-103H,26-32H2,1-15H3/t48-,49-,50-,51-,52-,53-,54-,55-,56-,57-,58-,59-,60-,61-,62-,63+,64+,65-,66+,67-,68-,69-,70-,71-,72-,73-,74-,75-,81-,82-,83-,84-,85-,86-,87-/m1/s1. The molecule has 45 nitrogen and oxygen atoms in total. The summed E-state index contributed by atoms with van der Waals surface area (Å²) < 4.78 is 260. The molecule has 0 aromatic heterocycles. The maximum atomic E-state index is 14.6. The topological polar surface area (TPSA) is 670 Å². The van der Waals surface area contributed by atoms with Crippen LogP contribution in [-0.2, 0) is 138 Å². The zero-order valence-corrected chi connectivity index (χ0v) is 81.0. The largest absolute Gasteiger partial charge is 0.394 e. The van der Waals surface area contributed by atoms with Crippen molar-refractivity contribution in [2.75, 3.05) is 46.2 Å². The van der Waals surface area contributed by atoms with Crippen molar-refractivity contribution in [3.8, 4) is 0 Å². The molecule has 21 heterocycles. The number of aryl methyl sites for hydroxylation is 15. The number of benzene rings is 5. The molecule has 26 rings (SSSR count). The summed E-state index contributed by atoms with van der Waals surface area (Å²) in [4.78, 5) is -1.90. The van der Waals surface area contributed by atoms with Gasteiger partial charge in [0.1, 0.15) is 171 Å². The van der Waals surface area contributed by atoms with Gasteiger partial charge >= 0.3 is 0 Å². The molecule has 21 aliphatic heterocycles. The average molecular weight is 2050 g/mol. The Morgan fingerprint density at radius 3 is 0.438 bits per heavy atom. The van der Waals surface area contributed by atoms with E-state index in [9.17, 15) is 124 Å². The van der Waals surface area contributed by atoms with Crippen LogP contribution in [0.15, 0.2) is 85.1 Å². The highest BCUT2D eigenvalue weighted by molar-refractivity contribution is 7.88. The molecule has 0 spiro atoms. The second-order valence-corrected chi connectivity index (χ2v) is 43.8. The van der Waals surface area contributed by atoms with Crippen molar-refractivity contribution in [3.05, 3.63) is 144 Å². The smallest absolute Gasteiger partial charge is 0.297 e. The van der Waals surface area contributed by atoms with Gasteiger partial charge in [-0.15, -0.1) is 0 Å². The Balaban J connectivity index is 0.916. The summed E-state index contributed by atoms with van der Waals surface area (Å²) in [5.41, 5.74) is 4.66. The Kier molecular flexibility index (Phi) is 34.1. The normalized spacial score (nSPS) is 36.9. The predicted octanol–water partition coefficient (Wildman–Crippen LogP) is -3.54. The summed E-state index contributed by atoms with van der Waals surface area (Å²) in [6, 6.07) is 15.0. The van der Waals surface area contributed by atoms with E-state index in [1.54, 1.807) is 34.6 Å². The zero-order valence-electron chi connectivity index (χ0n) is 77.0. The van der Waals surface area contributed by atoms with Crippen LogP contribution in [0.3, 0.4) is 0 Å². The zero-order chi connectivity index (χ0) is 101. The van der Waals surface area contributed by atoms with Gasteiger partial charge in [-0.3, -0.25) is 20.9 Å². The van der Waals surface area contributed by atoms with Crippen LogP contribution in [0.4, 0.5) is 0 Å². The second-order valence-electron chi connectivity index (χ2n) is 36.1. The van der Waals surface area contributed by atoms with E-state index in [1.807, 2.05) is 0 Å². The lowest BCUT2D eigenvalue weighted by Gasteiger charge is -2.50. The molecule has 137 heavy (non-hydrogen) atoms. The molecule has 0 unspecified atom stereocenters.